The van der Waals surface area contributed by atoms with Gasteiger partial charge < -0.3 is 15.0 Å². The number of hydrogen-bond donors (Lipinski definition) is 1. The quantitative estimate of drug-likeness (QED) is 0.397. The van der Waals surface area contributed by atoms with Crippen molar-refractivity contribution in [2.24, 2.45) is 7.05 Å². The first-order valence-corrected chi connectivity index (χ1v) is 11.5. The highest BCUT2D eigenvalue weighted by Crippen LogP contribution is 2.29. The molecule has 0 bridgehead atoms. The molecule has 1 aliphatic heterocycles. The van der Waals surface area contributed by atoms with Crippen molar-refractivity contribution in [3.05, 3.63) is 77.5 Å². The summed E-state index contributed by atoms with van der Waals surface area (Å²) in [5.74, 6) is -2.19. The molecule has 1 atom stereocenters. The largest absolute Gasteiger partial charge is 0.448 e. The van der Waals surface area contributed by atoms with Gasteiger partial charge in [0.15, 0.2) is 17.3 Å². The SMILES string of the molecule is C=CC(=O)N1CCC[C@@H](n2c(=O)c(Oc3ccc(F)cc3F)cc3cnc(Nc4cnn(C)c4)nc32)C1. The fraction of sp³-hybridized carbons (Fsp3) is 0.240. The third-order valence-electron chi connectivity index (χ3n) is 6.06. The number of aromatic nitrogens is 5. The molecule has 0 aliphatic carbocycles. The number of piperidine rings is 1. The second-order valence-corrected chi connectivity index (χ2v) is 8.65. The fourth-order valence-electron chi connectivity index (χ4n) is 4.35. The summed E-state index contributed by atoms with van der Waals surface area (Å²) in [4.78, 5) is 36.5. The molecule has 1 amide bonds. The molecule has 0 spiro atoms. The fourth-order valence-corrected chi connectivity index (χ4v) is 4.35. The smallest absolute Gasteiger partial charge is 0.295 e. The molecule has 0 radical (unpaired) electrons. The Bertz CT molecular complexity index is 1570. The highest BCUT2D eigenvalue weighted by molar-refractivity contribution is 5.87. The standard InChI is InChI=1S/C25H23F2N7O3/c1-3-22(35)33-8-4-5-18(14-33)34-23-15(11-28-25(31-23)30-17-12-29-32(2)13-17)9-21(24(34)36)37-20-7-6-16(26)10-19(20)27/h3,6-7,9-13,18H,1,4-5,8,14H2,2H3,(H,28,30,31)/t18-/m1/s1. The predicted molar refractivity (Wildman–Crippen MR) is 132 cm³/mol. The van der Waals surface area contributed by atoms with Gasteiger partial charge in [0.05, 0.1) is 17.9 Å². The van der Waals surface area contributed by atoms with Crippen LogP contribution in [0.3, 0.4) is 0 Å². The van der Waals surface area contributed by atoms with Crippen molar-refractivity contribution >= 4 is 28.6 Å². The highest BCUT2D eigenvalue weighted by Gasteiger charge is 2.27. The number of carbonyl (C=O) groups excluding carboxylic acids is 1. The van der Waals surface area contributed by atoms with Crippen LogP contribution in [0.4, 0.5) is 20.4 Å². The second-order valence-electron chi connectivity index (χ2n) is 8.65. The van der Waals surface area contributed by atoms with E-state index in [9.17, 15) is 18.4 Å². The van der Waals surface area contributed by atoms with Crippen LogP contribution in [0.1, 0.15) is 18.9 Å². The molecule has 1 aromatic carbocycles. The molecule has 4 heterocycles. The van der Waals surface area contributed by atoms with Crippen LogP contribution in [-0.2, 0) is 11.8 Å². The molecule has 12 heteroatoms. The number of halogens is 2. The van der Waals surface area contributed by atoms with Gasteiger partial charge in [-0.25, -0.2) is 13.8 Å². The molecule has 5 rings (SSSR count). The monoisotopic (exact) mass is 507 g/mol. The molecule has 190 valence electrons. The van der Waals surface area contributed by atoms with Gasteiger partial charge in [-0.2, -0.15) is 10.1 Å². The summed E-state index contributed by atoms with van der Waals surface area (Å²) < 4.78 is 36.4. The van der Waals surface area contributed by atoms with Crippen LogP contribution < -0.4 is 15.6 Å². The van der Waals surface area contributed by atoms with E-state index in [1.165, 1.54) is 22.9 Å². The Morgan fingerprint density at radius 2 is 2.08 bits per heavy atom. The number of fused-ring (bicyclic) bond motifs is 1. The van der Waals surface area contributed by atoms with Crippen molar-refractivity contribution in [3.8, 4) is 11.5 Å². The average molecular weight is 508 g/mol. The number of nitrogens with zero attached hydrogens (tertiary/aromatic N) is 6. The van der Waals surface area contributed by atoms with Gasteiger partial charge in [-0.15, -0.1) is 0 Å². The second kappa shape index (κ2) is 9.80. The van der Waals surface area contributed by atoms with Crippen LogP contribution in [0.25, 0.3) is 11.0 Å². The molecule has 0 saturated carbocycles. The summed E-state index contributed by atoms with van der Waals surface area (Å²) in [5.41, 5.74) is 0.402. The van der Waals surface area contributed by atoms with Gasteiger partial charge in [-0.3, -0.25) is 18.8 Å². The van der Waals surface area contributed by atoms with Crippen LogP contribution in [0.5, 0.6) is 11.5 Å². The maximum Gasteiger partial charge on any atom is 0.295 e. The van der Waals surface area contributed by atoms with Crippen LogP contribution >= 0.6 is 0 Å². The van der Waals surface area contributed by atoms with Gasteiger partial charge in [0, 0.05) is 44.0 Å². The number of anilines is 2. The van der Waals surface area contributed by atoms with E-state index in [1.54, 1.807) is 29.0 Å². The third-order valence-corrected chi connectivity index (χ3v) is 6.06. The average Bonchev–Trinajstić information content (AvgIpc) is 3.30. The summed E-state index contributed by atoms with van der Waals surface area (Å²) in [5, 5.41) is 7.62. The van der Waals surface area contributed by atoms with E-state index in [1.807, 2.05) is 0 Å². The number of aryl methyl sites for hydroxylation is 1. The van der Waals surface area contributed by atoms with Crippen LogP contribution in [0.15, 0.2) is 60.3 Å². The predicted octanol–water partition coefficient (Wildman–Crippen LogP) is 3.69. The van der Waals surface area contributed by atoms with Crippen molar-refractivity contribution in [2.45, 2.75) is 18.9 Å². The Morgan fingerprint density at radius 3 is 2.81 bits per heavy atom. The van der Waals surface area contributed by atoms with Crippen molar-refractivity contribution in [1.82, 2.24) is 29.2 Å². The molecule has 37 heavy (non-hydrogen) atoms. The first kappa shape index (κ1) is 24.1. The summed E-state index contributed by atoms with van der Waals surface area (Å²) in [7, 11) is 1.77. The van der Waals surface area contributed by atoms with E-state index in [2.05, 4.69) is 27.0 Å². The molecule has 10 nitrogen and oxygen atoms in total. The lowest BCUT2D eigenvalue weighted by Gasteiger charge is -2.33. The lowest BCUT2D eigenvalue weighted by molar-refractivity contribution is -0.127. The lowest BCUT2D eigenvalue weighted by atomic mass is 10.0. The number of rotatable bonds is 6. The first-order valence-electron chi connectivity index (χ1n) is 11.5. The van der Waals surface area contributed by atoms with Crippen molar-refractivity contribution < 1.29 is 18.3 Å². The Morgan fingerprint density at radius 1 is 1.24 bits per heavy atom. The first-order chi connectivity index (χ1) is 17.8. The van der Waals surface area contributed by atoms with Crippen LogP contribution in [0, 0.1) is 11.6 Å². The number of benzene rings is 1. The summed E-state index contributed by atoms with van der Waals surface area (Å²) >= 11 is 0. The zero-order valence-electron chi connectivity index (χ0n) is 19.9. The number of nitrogens with one attached hydrogen (secondary N) is 1. The minimum atomic E-state index is -0.946. The molecule has 3 aromatic heterocycles. The highest BCUT2D eigenvalue weighted by atomic mass is 19.1. The van der Waals surface area contributed by atoms with Crippen molar-refractivity contribution in [1.29, 1.82) is 0 Å². The Kier molecular flexibility index (Phi) is 6.38. The number of carbonyl (C=O) groups is 1. The maximum atomic E-state index is 14.3. The lowest BCUT2D eigenvalue weighted by Crippen LogP contribution is -2.42. The topological polar surface area (TPSA) is 107 Å². The van der Waals surface area contributed by atoms with Gasteiger partial charge in [-0.1, -0.05) is 6.58 Å². The van der Waals surface area contributed by atoms with E-state index in [0.29, 0.717) is 42.2 Å². The number of ether oxygens (including phenoxy) is 1. The normalized spacial score (nSPS) is 15.5. The molecule has 0 unspecified atom stereocenters. The van der Waals surface area contributed by atoms with Gasteiger partial charge in [-0.05, 0) is 37.1 Å². The van der Waals surface area contributed by atoms with Crippen molar-refractivity contribution in [2.75, 3.05) is 18.4 Å². The van der Waals surface area contributed by atoms with E-state index >= 15 is 0 Å². The van der Waals surface area contributed by atoms with Gasteiger partial charge in [0.2, 0.25) is 11.9 Å². The summed E-state index contributed by atoms with van der Waals surface area (Å²) in [6.07, 6.45) is 7.35. The third kappa shape index (κ3) is 4.90. The Hall–Kier alpha value is -4.61. The molecular formula is C25H23F2N7O3. The zero-order valence-corrected chi connectivity index (χ0v) is 19.9. The number of pyridine rings is 1. The molecular weight excluding hydrogens is 484 g/mol. The maximum absolute atomic E-state index is 14.3. The number of likely N-dealkylation sites (tertiary alicyclic amines) is 1. The van der Waals surface area contributed by atoms with Crippen LogP contribution in [0.2, 0.25) is 0 Å². The molecule has 1 saturated heterocycles. The van der Waals surface area contributed by atoms with E-state index in [4.69, 9.17) is 4.74 Å². The number of amides is 1. The zero-order chi connectivity index (χ0) is 26.1. The molecule has 1 N–H and O–H groups in total. The van der Waals surface area contributed by atoms with Gasteiger partial charge in [0.25, 0.3) is 5.56 Å². The van der Waals surface area contributed by atoms with Crippen LogP contribution in [-0.4, -0.2) is 48.2 Å². The minimum Gasteiger partial charge on any atom is -0.448 e. The van der Waals surface area contributed by atoms with E-state index in [-0.39, 0.29) is 29.9 Å². The minimum absolute atomic E-state index is 0.179. The Balaban J connectivity index is 1.62. The van der Waals surface area contributed by atoms with E-state index < -0.39 is 23.2 Å². The molecule has 4 aromatic rings. The molecule has 1 aliphatic rings. The van der Waals surface area contributed by atoms with Crippen molar-refractivity contribution in [3.63, 3.8) is 0 Å². The summed E-state index contributed by atoms with van der Waals surface area (Å²) in [6.45, 7) is 4.34. The molecule has 1 fully saturated rings. The van der Waals surface area contributed by atoms with Gasteiger partial charge in [0.1, 0.15) is 11.5 Å². The number of hydrogen-bond acceptors (Lipinski definition) is 7. The van der Waals surface area contributed by atoms with E-state index in [0.717, 1.165) is 12.1 Å². The van der Waals surface area contributed by atoms with Gasteiger partial charge >= 0.3 is 0 Å². The Labute approximate surface area is 209 Å². The summed E-state index contributed by atoms with van der Waals surface area (Å²) in [6, 6.07) is 3.81.